The van der Waals surface area contributed by atoms with Gasteiger partial charge in [-0.15, -0.1) is 0 Å². The summed E-state index contributed by atoms with van der Waals surface area (Å²) in [6.45, 7) is 1.42. The van der Waals surface area contributed by atoms with Crippen LogP contribution in [0.25, 0.3) is 0 Å². The zero-order chi connectivity index (χ0) is 26.4. The molecule has 1 amide bonds. The van der Waals surface area contributed by atoms with Gasteiger partial charge >= 0.3 is 15.6 Å². The fraction of sp³-hybridized carbons (Fsp3) is 0.429. The molecule has 1 aromatic heterocycles. The van der Waals surface area contributed by atoms with Gasteiger partial charge in [0, 0.05) is 18.9 Å². The van der Waals surface area contributed by atoms with Crippen molar-refractivity contribution in [1.82, 2.24) is 4.98 Å². The van der Waals surface area contributed by atoms with Gasteiger partial charge in [0.05, 0.1) is 5.69 Å². The third kappa shape index (κ3) is 5.73. The number of hydrogen-bond donors (Lipinski definition) is 4. The Bertz CT molecular complexity index is 1190. The first kappa shape index (κ1) is 26.8. The van der Waals surface area contributed by atoms with Gasteiger partial charge < -0.3 is 24.6 Å². The lowest BCUT2D eigenvalue weighted by molar-refractivity contribution is -0.243. The molecule has 0 saturated carbocycles. The van der Waals surface area contributed by atoms with Gasteiger partial charge in [0.25, 0.3) is 0 Å². The van der Waals surface area contributed by atoms with E-state index in [0.717, 1.165) is 30.9 Å². The molecule has 10 nitrogen and oxygen atoms in total. The number of alkyl halides is 3. The first-order chi connectivity index (χ1) is 15.9. The van der Waals surface area contributed by atoms with E-state index in [0.29, 0.717) is 5.56 Å². The fourth-order valence-corrected chi connectivity index (χ4v) is 4.31. The van der Waals surface area contributed by atoms with E-state index in [1.807, 2.05) is 0 Å². The monoisotopic (exact) mass is 520 g/mol. The molecule has 0 bridgehead atoms. The van der Waals surface area contributed by atoms with Crippen LogP contribution >= 0.6 is 0 Å². The smallest absolute Gasteiger partial charge is 0.374 e. The highest BCUT2D eigenvalue weighted by Gasteiger charge is 2.56. The maximum Gasteiger partial charge on any atom is 0.534 e. The SMILES string of the molecule is CC(O)(O)C1CN(c2ccc(OS(=O)(=O)C(F)(F)F)c(Cc3ccccc3)n2)C(=O)C1C(C)(O)O. The van der Waals surface area contributed by atoms with Crippen LogP contribution in [-0.2, 0) is 21.3 Å². The van der Waals surface area contributed by atoms with Crippen LogP contribution in [0, 0.1) is 11.8 Å². The summed E-state index contributed by atoms with van der Waals surface area (Å²) in [4.78, 5) is 18.0. The van der Waals surface area contributed by atoms with Crippen LogP contribution in [0.5, 0.6) is 5.75 Å². The summed E-state index contributed by atoms with van der Waals surface area (Å²) in [5, 5.41) is 40.3. The summed E-state index contributed by atoms with van der Waals surface area (Å²) in [6, 6.07) is 10.1. The molecular weight excluding hydrogens is 497 g/mol. The average Bonchev–Trinajstić information content (AvgIpc) is 3.07. The first-order valence-electron chi connectivity index (χ1n) is 10.2. The van der Waals surface area contributed by atoms with Crippen molar-refractivity contribution in [2.24, 2.45) is 11.8 Å². The van der Waals surface area contributed by atoms with E-state index in [9.17, 15) is 46.8 Å². The number of pyridine rings is 1. The molecule has 0 spiro atoms. The number of aromatic nitrogens is 1. The fourth-order valence-electron chi connectivity index (χ4n) is 3.83. The number of rotatable bonds is 7. The number of anilines is 1. The van der Waals surface area contributed by atoms with Gasteiger partial charge in [0.15, 0.2) is 17.3 Å². The lowest BCUT2D eigenvalue weighted by atomic mass is 9.83. The third-order valence-electron chi connectivity index (χ3n) is 5.50. The average molecular weight is 520 g/mol. The van der Waals surface area contributed by atoms with Crippen molar-refractivity contribution >= 4 is 21.8 Å². The second kappa shape index (κ2) is 9.02. The Hall–Kier alpha value is -2.78. The number of halogens is 3. The van der Waals surface area contributed by atoms with Gasteiger partial charge in [0.2, 0.25) is 5.91 Å². The summed E-state index contributed by atoms with van der Waals surface area (Å²) >= 11 is 0. The minimum absolute atomic E-state index is 0.179. The number of carbonyl (C=O) groups is 1. The number of aliphatic hydroxyl groups is 4. The summed E-state index contributed by atoms with van der Waals surface area (Å²) < 4.78 is 66.1. The molecule has 2 atom stereocenters. The molecule has 2 aromatic rings. The first-order valence-corrected chi connectivity index (χ1v) is 11.6. The van der Waals surface area contributed by atoms with Gasteiger partial charge in [-0.25, -0.2) is 4.98 Å². The lowest BCUT2D eigenvalue weighted by Gasteiger charge is -2.32. The predicted molar refractivity (Wildman–Crippen MR) is 114 cm³/mol. The molecule has 0 aliphatic carbocycles. The molecular formula is C21H23F3N2O8S. The van der Waals surface area contributed by atoms with Crippen molar-refractivity contribution in [2.75, 3.05) is 11.4 Å². The van der Waals surface area contributed by atoms with Crippen LogP contribution in [0.3, 0.4) is 0 Å². The van der Waals surface area contributed by atoms with Crippen LogP contribution < -0.4 is 9.08 Å². The maximum absolute atomic E-state index is 13.0. The predicted octanol–water partition coefficient (Wildman–Crippen LogP) is 0.881. The van der Waals surface area contributed by atoms with Gasteiger partial charge in [-0.2, -0.15) is 21.6 Å². The standard InChI is InChI=1S/C21H23F3N2O8S/c1-19(28,29)13-11-26(18(27)17(13)20(2,30)31)16-9-8-15(34-35(32,33)21(22,23)24)14(25-16)10-12-6-4-3-5-7-12/h3-9,13,17,28-31H,10-11H2,1-2H3. The molecule has 2 heterocycles. The van der Waals surface area contributed by atoms with Crippen molar-refractivity contribution in [3.8, 4) is 5.75 Å². The van der Waals surface area contributed by atoms with Crippen molar-refractivity contribution in [1.29, 1.82) is 0 Å². The molecule has 2 unspecified atom stereocenters. The Kier molecular flexibility index (Phi) is 6.91. The zero-order valence-electron chi connectivity index (χ0n) is 18.5. The van der Waals surface area contributed by atoms with Crippen LogP contribution in [0.15, 0.2) is 42.5 Å². The Morgan fingerprint density at radius 1 is 1.03 bits per heavy atom. The minimum Gasteiger partial charge on any atom is -0.374 e. The van der Waals surface area contributed by atoms with Crippen molar-refractivity contribution in [3.63, 3.8) is 0 Å². The number of benzene rings is 1. The van der Waals surface area contributed by atoms with E-state index in [1.165, 1.54) is 0 Å². The molecule has 4 N–H and O–H groups in total. The number of nitrogens with zero attached hydrogens (tertiary/aromatic N) is 2. The summed E-state index contributed by atoms with van der Waals surface area (Å²) in [7, 11) is -6.02. The molecule has 3 rings (SSSR count). The summed E-state index contributed by atoms with van der Waals surface area (Å²) in [5.41, 5.74) is -5.42. The van der Waals surface area contributed by atoms with Gasteiger partial charge in [0.1, 0.15) is 11.7 Å². The normalized spacial score (nSPS) is 19.8. The molecule has 1 saturated heterocycles. The number of amides is 1. The van der Waals surface area contributed by atoms with Crippen molar-refractivity contribution in [3.05, 3.63) is 53.7 Å². The Balaban J connectivity index is 2.07. The Labute approximate surface area is 198 Å². The second-order valence-electron chi connectivity index (χ2n) is 8.48. The highest BCUT2D eigenvalue weighted by molar-refractivity contribution is 7.88. The van der Waals surface area contributed by atoms with E-state index < -0.39 is 57.2 Å². The molecule has 1 aromatic carbocycles. The highest BCUT2D eigenvalue weighted by Crippen LogP contribution is 2.40. The maximum atomic E-state index is 13.0. The van der Waals surface area contributed by atoms with Gasteiger partial charge in [-0.1, -0.05) is 30.3 Å². The molecule has 35 heavy (non-hydrogen) atoms. The summed E-state index contributed by atoms with van der Waals surface area (Å²) in [6.07, 6.45) is -0.179. The van der Waals surface area contributed by atoms with Gasteiger partial charge in [-0.3, -0.25) is 9.69 Å². The van der Waals surface area contributed by atoms with Crippen molar-refractivity contribution < 1.29 is 51.0 Å². The molecule has 1 fully saturated rings. The zero-order valence-corrected chi connectivity index (χ0v) is 19.3. The molecule has 1 aliphatic heterocycles. The highest BCUT2D eigenvalue weighted by atomic mass is 32.2. The van der Waals surface area contributed by atoms with E-state index in [-0.39, 0.29) is 17.9 Å². The van der Waals surface area contributed by atoms with E-state index in [2.05, 4.69) is 9.17 Å². The minimum atomic E-state index is -6.02. The third-order valence-corrected chi connectivity index (χ3v) is 6.46. The quantitative estimate of drug-likeness (QED) is 0.236. The summed E-state index contributed by atoms with van der Waals surface area (Å²) in [5.74, 6) is -10.1. The van der Waals surface area contributed by atoms with Crippen LogP contribution in [0.4, 0.5) is 19.0 Å². The number of carbonyl (C=O) groups excluding carboxylic acids is 1. The van der Waals surface area contributed by atoms with Crippen LogP contribution in [0.1, 0.15) is 25.1 Å². The van der Waals surface area contributed by atoms with E-state index in [1.54, 1.807) is 30.3 Å². The van der Waals surface area contributed by atoms with Crippen molar-refractivity contribution in [2.45, 2.75) is 37.4 Å². The topological polar surface area (TPSA) is 157 Å². The van der Waals surface area contributed by atoms with E-state index >= 15 is 0 Å². The lowest BCUT2D eigenvalue weighted by Crippen LogP contribution is -2.49. The second-order valence-corrected chi connectivity index (χ2v) is 10.0. The number of hydrogen-bond acceptors (Lipinski definition) is 9. The largest absolute Gasteiger partial charge is 0.534 e. The Morgan fingerprint density at radius 3 is 2.11 bits per heavy atom. The van der Waals surface area contributed by atoms with Gasteiger partial charge in [-0.05, 0) is 31.5 Å². The van der Waals surface area contributed by atoms with Crippen LogP contribution in [-0.4, -0.2) is 63.4 Å². The van der Waals surface area contributed by atoms with E-state index in [4.69, 9.17) is 0 Å². The molecule has 14 heteroatoms. The van der Waals surface area contributed by atoms with Crippen LogP contribution in [0.2, 0.25) is 0 Å². The molecule has 192 valence electrons. The molecule has 1 aliphatic rings. The Morgan fingerprint density at radius 2 is 1.63 bits per heavy atom. The molecule has 0 radical (unpaired) electrons.